The van der Waals surface area contributed by atoms with Gasteiger partial charge in [0.1, 0.15) is 12.0 Å². The Hall–Kier alpha value is -1.03. The molecule has 0 aromatic carbocycles. The third-order valence-corrected chi connectivity index (χ3v) is 2.95. The Kier molecular flexibility index (Phi) is 3.26. The predicted molar refractivity (Wildman–Crippen MR) is 59.5 cm³/mol. The number of methoxy groups -OCH3 is 1. The van der Waals surface area contributed by atoms with E-state index >= 15 is 0 Å². The first-order valence-electron chi connectivity index (χ1n) is 5.12. The monoisotopic (exact) mass is 227 g/mol. The molecule has 0 amide bonds. The molecule has 0 unspecified atom stereocenters. The van der Waals surface area contributed by atoms with Crippen molar-refractivity contribution in [2.45, 2.75) is 31.7 Å². The van der Waals surface area contributed by atoms with Crippen molar-refractivity contribution in [3.63, 3.8) is 0 Å². The summed E-state index contributed by atoms with van der Waals surface area (Å²) in [6.07, 6.45) is 6.29. The summed E-state index contributed by atoms with van der Waals surface area (Å²) in [6.45, 7) is 0. The molecule has 15 heavy (non-hydrogen) atoms. The highest BCUT2D eigenvalue weighted by Crippen LogP contribution is 2.31. The van der Waals surface area contributed by atoms with Gasteiger partial charge >= 0.3 is 0 Å². The second-order valence-corrected chi connectivity index (χ2v) is 4.03. The molecule has 0 spiro atoms. The molecule has 0 aliphatic heterocycles. The van der Waals surface area contributed by atoms with Gasteiger partial charge in [0.05, 0.1) is 7.11 Å². The predicted octanol–water partition coefficient (Wildman–Crippen LogP) is 2.49. The molecule has 1 saturated carbocycles. The Bertz CT molecular complexity index is 339. The number of hydrogen-bond donors (Lipinski definition) is 1. The van der Waals surface area contributed by atoms with E-state index < -0.39 is 0 Å². The summed E-state index contributed by atoms with van der Waals surface area (Å²) < 4.78 is 5.14. The molecule has 1 aromatic heterocycles. The van der Waals surface area contributed by atoms with Crippen molar-refractivity contribution >= 4 is 17.3 Å². The Morgan fingerprint density at radius 2 is 2.13 bits per heavy atom. The lowest BCUT2D eigenvalue weighted by Gasteiger charge is -2.15. The standard InChI is InChI=1S/C10H14ClN3O/c1-15-10-8(9(11)12-6-13-10)14-7-4-2-3-5-7/h6-7,14H,2-5H2,1H3. The van der Waals surface area contributed by atoms with Crippen LogP contribution in [0.25, 0.3) is 0 Å². The van der Waals surface area contributed by atoms with Gasteiger partial charge in [-0.25, -0.2) is 4.98 Å². The molecule has 0 bridgehead atoms. The van der Waals surface area contributed by atoms with Crippen LogP contribution in [0, 0.1) is 0 Å². The normalized spacial score (nSPS) is 16.7. The molecule has 1 aliphatic rings. The maximum Gasteiger partial charge on any atom is 0.241 e. The minimum Gasteiger partial charge on any atom is -0.479 e. The van der Waals surface area contributed by atoms with E-state index in [1.807, 2.05) is 0 Å². The number of hydrogen-bond acceptors (Lipinski definition) is 4. The minimum absolute atomic E-state index is 0.425. The average Bonchev–Trinajstić information content (AvgIpc) is 2.74. The van der Waals surface area contributed by atoms with Crippen LogP contribution < -0.4 is 10.1 Å². The van der Waals surface area contributed by atoms with E-state index in [1.165, 1.54) is 32.0 Å². The van der Waals surface area contributed by atoms with E-state index in [1.54, 1.807) is 7.11 Å². The van der Waals surface area contributed by atoms with Crippen LogP contribution in [0.15, 0.2) is 6.33 Å². The van der Waals surface area contributed by atoms with E-state index in [0.29, 0.717) is 22.8 Å². The summed E-state index contributed by atoms with van der Waals surface area (Å²) in [4.78, 5) is 7.96. The van der Waals surface area contributed by atoms with Crippen LogP contribution in [0.5, 0.6) is 5.88 Å². The number of nitrogens with zero attached hydrogens (tertiary/aromatic N) is 2. The van der Waals surface area contributed by atoms with Gasteiger partial charge in [-0.1, -0.05) is 24.4 Å². The fourth-order valence-electron chi connectivity index (χ4n) is 1.90. The van der Waals surface area contributed by atoms with Crippen LogP contribution in [0.2, 0.25) is 5.15 Å². The fraction of sp³-hybridized carbons (Fsp3) is 0.600. The van der Waals surface area contributed by atoms with E-state index in [2.05, 4.69) is 15.3 Å². The summed E-state index contributed by atoms with van der Waals surface area (Å²) in [5.74, 6) is 0.516. The van der Waals surface area contributed by atoms with Crippen molar-refractivity contribution in [2.75, 3.05) is 12.4 Å². The fourth-order valence-corrected chi connectivity index (χ4v) is 2.08. The molecule has 2 rings (SSSR count). The molecule has 82 valence electrons. The molecule has 4 nitrogen and oxygen atoms in total. The number of ether oxygens (including phenoxy) is 1. The van der Waals surface area contributed by atoms with Crippen LogP contribution in [0.4, 0.5) is 5.69 Å². The molecule has 1 fully saturated rings. The highest BCUT2D eigenvalue weighted by molar-refractivity contribution is 6.32. The zero-order chi connectivity index (χ0) is 10.7. The molecule has 1 aromatic rings. The van der Waals surface area contributed by atoms with Crippen molar-refractivity contribution in [3.8, 4) is 5.88 Å². The van der Waals surface area contributed by atoms with Crippen LogP contribution in [-0.2, 0) is 0 Å². The van der Waals surface area contributed by atoms with Gasteiger partial charge < -0.3 is 10.1 Å². The smallest absolute Gasteiger partial charge is 0.241 e. The Balaban J connectivity index is 2.17. The molecular weight excluding hydrogens is 214 g/mol. The zero-order valence-corrected chi connectivity index (χ0v) is 9.42. The number of rotatable bonds is 3. The van der Waals surface area contributed by atoms with E-state index in [4.69, 9.17) is 16.3 Å². The first-order chi connectivity index (χ1) is 7.31. The maximum absolute atomic E-state index is 5.99. The quantitative estimate of drug-likeness (QED) is 0.806. The topological polar surface area (TPSA) is 47.0 Å². The summed E-state index contributed by atoms with van der Waals surface area (Å²) in [7, 11) is 1.58. The molecule has 0 atom stereocenters. The number of nitrogens with one attached hydrogen (secondary N) is 1. The minimum atomic E-state index is 0.425. The zero-order valence-electron chi connectivity index (χ0n) is 8.66. The summed E-state index contributed by atoms with van der Waals surface area (Å²) >= 11 is 5.99. The first kappa shape index (κ1) is 10.5. The molecule has 1 N–H and O–H groups in total. The lowest BCUT2D eigenvalue weighted by Crippen LogP contribution is -2.16. The Labute approximate surface area is 94.0 Å². The third-order valence-electron chi connectivity index (χ3n) is 2.66. The molecular formula is C10H14ClN3O. The van der Waals surface area contributed by atoms with Gasteiger partial charge in [-0.2, -0.15) is 4.98 Å². The summed E-state index contributed by atoms with van der Waals surface area (Å²) in [5, 5.41) is 3.77. The van der Waals surface area contributed by atoms with E-state index in [9.17, 15) is 0 Å². The molecule has 1 aliphatic carbocycles. The van der Waals surface area contributed by atoms with Crippen molar-refractivity contribution in [2.24, 2.45) is 0 Å². The van der Waals surface area contributed by atoms with Gasteiger partial charge in [-0.05, 0) is 12.8 Å². The highest BCUT2D eigenvalue weighted by atomic mass is 35.5. The number of aromatic nitrogens is 2. The highest BCUT2D eigenvalue weighted by Gasteiger charge is 2.18. The van der Waals surface area contributed by atoms with Gasteiger partial charge in [-0.3, -0.25) is 0 Å². The molecule has 1 heterocycles. The van der Waals surface area contributed by atoms with Crippen LogP contribution in [0.1, 0.15) is 25.7 Å². The summed E-state index contributed by atoms with van der Waals surface area (Å²) in [6, 6.07) is 0.474. The molecule has 0 saturated heterocycles. The average molecular weight is 228 g/mol. The van der Waals surface area contributed by atoms with E-state index in [-0.39, 0.29) is 0 Å². The molecule has 5 heteroatoms. The van der Waals surface area contributed by atoms with Gasteiger partial charge in [0.25, 0.3) is 0 Å². The van der Waals surface area contributed by atoms with Gasteiger partial charge in [-0.15, -0.1) is 0 Å². The maximum atomic E-state index is 5.99. The van der Waals surface area contributed by atoms with Crippen molar-refractivity contribution in [3.05, 3.63) is 11.5 Å². The second kappa shape index (κ2) is 4.66. The van der Waals surface area contributed by atoms with Gasteiger partial charge in [0, 0.05) is 6.04 Å². The lowest BCUT2D eigenvalue weighted by molar-refractivity contribution is 0.398. The number of halogens is 1. The Morgan fingerprint density at radius 1 is 1.40 bits per heavy atom. The van der Waals surface area contributed by atoms with Gasteiger partial charge in [0.15, 0.2) is 5.15 Å². The van der Waals surface area contributed by atoms with Crippen LogP contribution in [0.3, 0.4) is 0 Å². The second-order valence-electron chi connectivity index (χ2n) is 3.67. The largest absolute Gasteiger partial charge is 0.479 e. The molecule has 0 radical (unpaired) electrons. The van der Waals surface area contributed by atoms with Crippen molar-refractivity contribution < 1.29 is 4.74 Å². The number of anilines is 1. The Morgan fingerprint density at radius 3 is 2.80 bits per heavy atom. The van der Waals surface area contributed by atoms with Crippen LogP contribution in [-0.4, -0.2) is 23.1 Å². The SMILES string of the molecule is COc1ncnc(Cl)c1NC1CCCC1. The lowest BCUT2D eigenvalue weighted by atomic mass is 10.2. The van der Waals surface area contributed by atoms with Crippen molar-refractivity contribution in [1.82, 2.24) is 9.97 Å². The summed E-state index contributed by atoms with van der Waals surface area (Å²) in [5.41, 5.74) is 0.716. The van der Waals surface area contributed by atoms with Crippen molar-refractivity contribution in [1.29, 1.82) is 0 Å². The first-order valence-corrected chi connectivity index (χ1v) is 5.50. The van der Waals surface area contributed by atoms with Crippen LogP contribution >= 0.6 is 11.6 Å². The van der Waals surface area contributed by atoms with E-state index in [0.717, 1.165) is 0 Å². The third kappa shape index (κ3) is 2.31. The van der Waals surface area contributed by atoms with Gasteiger partial charge in [0.2, 0.25) is 5.88 Å².